The summed E-state index contributed by atoms with van der Waals surface area (Å²) in [5, 5.41) is 35.9. The fourth-order valence-corrected chi connectivity index (χ4v) is 1.43. The summed E-state index contributed by atoms with van der Waals surface area (Å²) in [6, 6.07) is 0. The highest BCUT2D eigenvalue weighted by Gasteiger charge is 2.40. The zero-order valence-electron chi connectivity index (χ0n) is 6.42. The van der Waals surface area contributed by atoms with Gasteiger partial charge in [-0.2, -0.15) is 0 Å². The largest absolute Gasteiger partial charge is 0.481 e. The Morgan fingerprint density at radius 2 is 1.67 bits per heavy atom. The van der Waals surface area contributed by atoms with Crippen molar-refractivity contribution in [1.82, 2.24) is 0 Å². The lowest BCUT2D eigenvalue weighted by Crippen LogP contribution is -2.48. The van der Waals surface area contributed by atoms with Crippen LogP contribution < -0.4 is 0 Å². The van der Waals surface area contributed by atoms with Crippen LogP contribution in [0, 0.1) is 5.92 Å². The van der Waals surface area contributed by atoms with Crippen molar-refractivity contribution in [2.45, 2.75) is 31.2 Å². The van der Waals surface area contributed by atoms with Gasteiger partial charge in [-0.1, -0.05) is 0 Å². The maximum absolute atomic E-state index is 10.5. The number of hydrogen-bond acceptors (Lipinski definition) is 4. The van der Waals surface area contributed by atoms with Gasteiger partial charge in [0.05, 0.1) is 18.1 Å². The van der Waals surface area contributed by atoms with Crippen molar-refractivity contribution in [1.29, 1.82) is 0 Å². The topological polar surface area (TPSA) is 98.0 Å². The standard InChI is InChI=1S/C7H12O5/c8-4-2-1-3(7(11)12)5(9)6(4)10/h3-6,8-10H,1-2H2,(H,11,12)/t3-,4-,5+,6+/m0/s1. The lowest BCUT2D eigenvalue weighted by molar-refractivity contribution is -0.160. The monoisotopic (exact) mass is 176 g/mol. The third-order valence-corrected chi connectivity index (χ3v) is 2.25. The highest BCUT2D eigenvalue weighted by atomic mass is 16.4. The minimum Gasteiger partial charge on any atom is -0.481 e. The number of hydrogen-bond donors (Lipinski definition) is 4. The molecule has 70 valence electrons. The molecule has 0 heterocycles. The van der Waals surface area contributed by atoms with E-state index in [-0.39, 0.29) is 12.8 Å². The molecule has 0 saturated heterocycles. The number of aliphatic carboxylic acids is 1. The van der Waals surface area contributed by atoms with Crippen molar-refractivity contribution < 1.29 is 25.2 Å². The molecule has 1 aliphatic carbocycles. The summed E-state index contributed by atoms with van der Waals surface area (Å²) in [7, 11) is 0. The van der Waals surface area contributed by atoms with E-state index in [0.717, 1.165) is 0 Å². The van der Waals surface area contributed by atoms with Gasteiger partial charge in [-0.3, -0.25) is 4.79 Å². The Morgan fingerprint density at radius 3 is 2.17 bits per heavy atom. The number of aliphatic hydroxyl groups excluding tert-OH is 3. The van der Waals surface area contributed by atoms with Crippen molar-refractivity contribution in [2.24, 2.45) is 5.92 Å². The summed E-state index contributed by atoms with van der Waals surface area (Å²) < 4.78 is 0. The smallest absolute Gasteiger partial charge is 0.309 e. The Hall–Kier alpha value is -0.650. The first-order chi connectivity index (χ1) is 5.54. The Balaban J connectivity index is 2.65. The lowest BCUT2D eigenvalue weighted by atomic mass is 9.83. The van der Waals surface area contributed by atoms with Crippen LogP contribution in [0.25, 0.3) is 0 Å². The highest BCUT2D eigenvalue weighted by molar-refractivity contribution is 5.71. The summed E-state index contributed by atoms with van der Waals surface area (Å²) in [4.78, 5) is 10.5. The first-order valence-electron chi connectivity index (χ1n) is 3.81. The van der Waals surface area contributed by atoms with Crippen LogP contribution in [0.15, 0.2) is 0 Å². The minimum absolute atomic E-state index is 0.203. The number of carbonyl (C=O) groups is 1. The average Bonchev–Trinajstić information content (AvgIpc) is 2.00. The van der Waals surface area contributed by atoms with Crippen LogP contribution in [0.2, 0.25) is 0 Å². The fourth-order valence-electron chi connectivity index (χ4n) is 1.43. The zero-order valence-corrected chi connectivity index (χ0v) is 6.42. The lowest BCUT2D eigenvalue weighted by Gasteiger charge is -2.32. The van der Waals surface area contributed by atoms with Crippen LogP contribution in [0.1, 0.15) is 12.8 Å². The molecule has 4 atom stereocenters. The van der Waals surface area contributed by atoms with E-state index < -0.39 is 30.2 Å². The van der Waals surface area contributed by atoms with Gasteiger partial charge < -0.3 is 20.4 Å². The quantitative estimate of drug-likeness (QED) is 0.392. The fraction of sp³-hybridized carbons (Fsp3) is 0.857. The van der Waals surface area contributed by atoms with Gasteiger partial charge in [0.15, 0.2) is 0 Å². The van der Waals surface area contributed by atoms with Crippen LogP contribution in [-0.4, -0.2) is 44.7 Å². The van der Waals surface area contributed by atoms with E-state index in [9.17, 15) is 9.90 Å². The van der Waals surface area contributed by atoms with E-state index in [1.165, 1.54) is 0 Å². The second-order valence-corrected chi connectivity index (χ2v) is 3.07. The number of carboxylic acid groups (broad SMARTS) is 1. The molecule has 1 aliphatic rings. The van der Waals surface area contributed by atoms with Gasteiger partial charge in [0, 0.05) is 0 Å². The van der Waals surface area contributed by atoms with Crippen LogP contribution in [0.5, 0.6) is 0 Å². The predicted molar refractivity (Wildman–Crippen MR) is 38.4 cm³/mol. The van der Waals surface area contributed by atoms with Crippen molar-refractivity contribution in [3.63, 3.8) is 0 Å². The molecule has 1 rings (SSSR count). The SMILES string of the molecule is O=C(O)[C@H]1CC[C@H](O)[C@@H](O)[C@@H]1O. The molecule has 1 saturated carbocycles. The molecular formula is C7H12O5. The molecule has 0 bridgehead atoms. The summed E-state index contributed by atoms with van der Waals surface area (Å²) >= 11 is 0. The summed E-state index contributed by atoms with van der Waals surface area (Å²) in [6.45, 7) is 0. The predicted octanol–water partition coefficient (Wildman–Crippen LogP) is -1.44. The van der Waals surface area contributed by atoms with Crippen molar-refractivity contribution in [3.05, 3.63) is 0 Å². The van der Waals surface area contributed by atoms with Crippen molar-refractivity contribution in [2.75, 3.05) is 0 Å². The van der Waals surface area contributed by atoms with Gasteiger partial charge in [-0.05, 0) is 12.8 Å². The molecule has 0 aromatic heterocycles. The Labute approximate surface area is 69.3 Å². The van der Waals surface area contributed by atoms with E-state index >= 15 is 0 Å². The van der Waals surface area contributed by atoms with Crippen LogP contribution in [-0.2, 0) is 4.79 Å². The van der Waals surface area contributed by atoms with E-state index in [1.54, 1.807) is 0 Å². The molecular weight excluding hydrogens is 164 g/mol. The summed E-state index contributed by atoms with van der Waals surface area (Å²) in [5.41, 5.74) is 0. The zero-order chi connectivity index (χ0) is 9.30. The second kappa shape index (κ2) is 3.38. The van der Waals surface area contributed by atoms with Crippen LogP contribution in [0.3, 0.4) is 0 Å². The normalized spacial score (nSPS) is 42.6. The molecule has 0 radical (unpaired) electrons. The van der Waals surface area contributed by atoms with Gasteiger partial charge in [0.2, 0.25) is 0 Å². The molecule has 0 aromatic carbocycles. The van der Waals surface area contributed by atoms with Gasteiger partial charge in [0.25, 0.3) is 0 Å². The number of rotatable bonds is 1. The average molecular weight is 176 g/mol. The molecule has 0 aromatic rings. The Kier molecular flexibility index (Phi) is 2.66. The summed E-state index contributed by atoms with van der Waals surface area (Å²) in [6.07, 6.45) is -3.27. The van der Waals surface area contributed by atoms with E-state index in [0.29, 0.717) is 0 Å². The first-order valence-corrected chi connectivity index (χ1v) is 3.81. The minimum atomic E-state index is -1.36. The van der Waals surface area contributed by atoms with Gasteiger partial charge in [-0.25, -0.2) is 0 Å². The van der Waals surface area contributed by atoms with Crippen molar-refractivity contribution in [3.8, 4) is 0 Å². The third-order valence-electron chi connectivity index (χ3n) is 2.25. The highest BCUT2D eigenvalue weighted by Crippen LogP contribution is 2.25. The molecule has 4 N–H and O–H groups in total. The molecule has 5 nitrogen and oxygen atoms in total. The molecule has 5 heteroatoms. The molecule has 0 amide bonds. The van der Waals surface area contributed by atoms with Gasteiger partial charge >= 0.3 is 5.97 Å². The number of aliphatic hydroxyl groups is 3. The summed E-state index contributed by atoms with van der Waals surface area (Å²) in [5.74, 6) is -2.09. The molecule has 0 spiro atoms. The van der Waals surface area contributed by atoms with E-state index in [2.05, 4.69) is 0 Å². The van der Waals surface area contributed by atoms with Gasteiger partial charge in [-0.15, -0.1) is 0 Å². The molecule has 12 heavy (non-hydrogen) atoms. The second-order valence-electron chi connectivity index (χ2n) is 3.07. The van der Waals surface area contributed by atoms with Crippen LogP contribution in [0.4, 0.5) is 0 Å². The number of carboxylic acids is 1. The van der Waals surface area contributed by atoms with E-state index in [4.69, 9.17) is 15.3 Å². The van der Waals surface area contributed by atoms with Crippen LogP contribution >= 0.6 is 0 Å². The Morgan fingerprint density at radius 1 is 1.08 bits per heavy atom. The molecule has 0 aliphatic heterocycles. The van der Waals surface area contributed by atoms with Gasteiger partial charge in [0.1, 0.15) is 6.10 Å². The maximum Gasteiger partial charge on any atom is 0.309 e. The van der Waals surface area contributed by atoms with E-state index in [1.807, 2.05) is 0 Å². The first kappa shape index (κ1) is 9.44. The molecule has 1 fully saturated rings. The Bertz CT molecular complexity index is 181. The maximum atomic E-state index is 10.5. The third kappa shape index (κ3) is 1.57. The van der Waals surface area contributed by atoms with Crippen molar-refractivity contribution >= 4 is 5.97 Å². The molecule has 0 unspecified atom stereocenters.